The molecule has 1 fully saturated rings. The lowest BCUT2D eigenvalue weighted by Crippen LogP contribution is -2.37. The summed E-state index contributed by atoms with van der Waals surface area (Å²) < 4.78 is 31.7. The van der Waals surface area contributed by atoms with Crippen molar-refractivity contribution in [3.8, 4) is 0 Å². The zero-order chi connectivity index (χ0) is 13.9. The topological polar surface area (TPSA) is 72.6 Å². The zero-order valence-electron chi connectivity index (χ0n) is 11.1. The number of para-hydroxylation sites is 1. The number of likely N-dealkylation sites (N-methyl/N-ethyl adjacent to an activating group) is 1. The summed E-state index contributed by atoms with van der Waals surface area (Å²) in [6.07, 6.45) is 3.04. The van der Waals surface area contributed by atoms with Gasteiger partial charge in [0.15, 0.2) is 0 Å². The fraction of sp³-hybridized carbons (Fsp3) is 0.538. The van der Waals surface area contributed by atoms with Gasteiger partial charge < -0.3 is 10.5 Å². The molecular weight excluding hydrogens is 264 g/mol. The number of ether oxygens (including phenoxy) is 1. The molecule has 1 aliphatic rings. The number of benzene rings is 1. The largest absolute Gasteiger partial charge is 0.398 e. The van der Waals surface area contributed by atoms with Crippen molar-refractivity contribution >= 4 is 15.7 Å². The molecule has 1 aromatic rings. The molecule has 1 atom stereocenters. The van der Waals surface area contributed by atoms with Crippen molar-refractivity contribution < 1.29 is 13.2 Å². The highest BCUT2D eigenvalue weighted by molar-refractivity contribution is 7.89. The van der Waals surface area contributed by atoms with Gasteiger partial charge >= 0.3 is 0 Å². The number of hydrogen-bond acceptors (Lipinski definition) is 4. The molecule has 0 aliphatic carbocycles. The first-order valence-corrected chi connectivity index (χ1v) is 7.88. The van der Waals surface area contributed by atoms with Gasteiger partial charge in [0, 0.05) is 20.2 Å². The van der Waals surface area contributed by atoms with Crippen molar-refractivity contribution in [3.05, 3.63) is 24.3 Å². The molecule has 1 heterocycles. The van der Waals surface area contributed by atoms with Crippen LogP contribution in [0.5, 0.6) is 0 Å². The Morgan fingerprint density at radius 1 is 1.37 bits per heavy atom. The van der Waals surface area contributed by atoms with Crippen LogP contribution in [0.2, 0.25) is 0 Å². The molecule has 1 aliphatic heterocycles. The molecule has 0 aromatic heterocycles. The Balaban J connectivity index is 2.13. The van der Waals surface area contributed by atoms with Gasteiger partial charge in [0.05, 0.1) is 11.8 Å². The van der Waals surface area contributed by atoms with E-state index in [1.807, 2.05) is 0 Å². The number of rotatable bonds is 4. The van der Waals surface area contributed by atoms with Crippen LogP contribution >= 0.6 is 0 Å². The smallest absolute Gasteiger partial charge is 0.244 e. The molecule has 6 heteroatoms. The monoisotopic (exact) mass is 284 g/mol. The summed E-state index contributed by atoms with van der Waals surface area (Å²) in [6, 6.07) is 6.52. The van der Waals surface area contributed by atoms with Crippen LogP contribution in [0.3, 0.4) is 0 Å². The third-order valence-electron chi connectivity index (χ3n) is 3.34. The molecule has 19 heavy (non-hydrogen) atoms. The second-order valence-corrected chi connectivity index (χ2v) is 6.83. The van der Waals surface area contributed by atoms with Gasteiger partial charge in [-0.2, -0.15) is 4.31 Å². The summed E-state index contributed by atoms with van der Waals surface area (Å²) in [7, 11) is -1.97. The van der Waals surface area contributed by atoms with Gasteiger partial charge in [-0.15, -0.1) is 0 Å². The van der Waals surface area contributed by atoms with Gasteiger partial charge in [0.1, 0.15) is 4.90 Å². The van der Waals surface area contributed by atoms with Crippen molar-refractivity contribution in [2.24, 2.45) is 0 Å². The summed E-state index contributed by atoms with van der Waals surface area (Å²) >= 11 is 0. The fourth-order valence-electron chi connectivity index (χ4n) is 2.22. The van der Waals surface area contributed by atoms with Gasteiger partial charge in [-0.3, -0.25) is 0 Å². The van der Waals surface area contributed by atoms with E-state index in [2.05, 4.69) is 0 Å². The maximum Gasteiger partial charge on any atom is 0.244 e. The summed E-state index contributed by atoms with van der Waals surface area (Å²) in [6.45, 7) is 1.09. The third kappa shape index (κ3) is 3.26. The van der Waals surface area contributed by atoms with E-state index in [1.54, 1.807) is 25.2 Å². The number of nitrogens with zero attached hydrogens (tertiary/aromatic N) is 1. The van der Waals surface area contributed by atoms with E-state index >= 15 is 0 Å². The number of nitrogen functional groups attached to an aromatic ring is 1. The quantitative estimate of drug-likeness (QED) is 0.850. The minimum atomic E-state index is -3.54. The van der Waals surface area contributed by atoms with E-state index in [0.717, 1.165) is 19.3 Å². The van der Waals surface area contributed by atoms with Gasteiger partial charge in [0.25, 0.3) is 0 Å². The summed E-state index contributed by atoms with van der Waals surface area (Å²) in [5.74, 6) is 0. The average Bonchev–Trinajstić information content (AvgIpc) is 2.40. The normalized spacial score (nSPS) is 20.6. The molecule has 0 spiro atoms. The molecule has 0 amide bonds. The Morgan fingerprint density at radius 3 is 2.74 bits per heavy atom. The number of nitrogens with two attached hydrogens (primary N) is 1. The van der Waals surface area contributed by atoms with E-state index in [-0.39, 0.29) is 16.7 Å². The standard InChI is InChI=1S/C13H20N2O3S/c1-15(10-11-6-4-5-9-18-11)19(16,17)13-8-3-2-7-12(13)14/h2-3,7-8,11H,4-6,9-10,14H2,1H3. The van der Waals surface area contributed by atoms with Crippen LogP contribution in [-0.2, 0) is 14.8 Å². The van der Waals surface area contributed by atoms with Gasteiger partial charge in [0.2, 0.25) is 10.0 Å². The lowest BCUT2D eigenvalue weighted by molar-refractivity contribution is 0.00859. The van der Waals surface area contributed by atoms with Crippen molar-refractivity contribution in [2.45, 2.75) is 30.3 Å². The lowest BCUT2D eigenvalue weighted by atomic mass is 10.1. The molecule has 0 bridgehead atoms. The minimum Gasteiger partial charge on any atom is -0.398 e. The van der Waals surface area contributed by atoms with Crippen LogP contribution in [-0.4, -0.2) is 39.0 Å². The molecule has 2 rings (SSSR count). The SMILES string of the molecule is CN(CC1CCCCO1)S(=O)(=O)c1ccccc1N. The lowest BCUT2D eigenvalue weighted by Gasteiger charge is -2.27. The average molecular weight is 284 g/mol. The van der Waals surface area contributed by atoms with Crippen LogP contribution in [0.1, 0.15) is 19.3 Å². The van der Waals surface area contributed by atoms with E-state index in [9.17, 15) is 8.42 Å². The minimum absolute atomic E-state index is 0.0153. The first-order valence-electron chi connectivity index (χ1n) is 6.44. The first kappa shape index (κ1) is 14.3. The summed E-state index contributed by atoms with van der Waals surface area (Å²) in [4.78, 5) is 0.160. The Kier molecular flexibility index (Phi) is 4.44. The van der Waals surface area contributed by atoms with Crippen molar-refractivity contribution in [1.82, 2.24) is 4.31 Å². The van der Waals surface area contributed by atoms with Crippen molar-refractivity contribution in [1.29, 1.82) is 0 Å². The van der Waals surface area contributed by atoms with Gasteiger partial charge in [-0.25, -0.2) is 8.42 Å². The molecule has 1 unspecified atom stereocenters. The fourth-order valence-corrected chi connectivity index (χ4v) is 3.53. The van der Waals surface area contributed by atoms with E-state index in [1.165, 1.54) is 10.4 Å². The summed E-state index contributed by atoms with van der Waals surface area (Å²) in [5.41, 5.74) is 6.02. The number of sulfonamides is 1. The van der Waals surface area contributed by atoms with Crippen molar-refractivity contribution in [3.63, 3.8) is 0 Å². The summed E-state index contributed by atoms with van der Waals surface area (Å²) in [5, 5.41) is 0. The first-order chi connectivity index (χ1) is 9.01. The van der Waals surface area contributed by atoms with Crippen LogP contribution in [0.25, 0.3) is 0 Å². The van der Waals surface area contributed by atoms with E-state index in [0.29, 0.717) is 13.2 Å². The molecule has 0 radical (unpaired) electrons. The van der Waals surface area contributed by atoms with Crippen LogP contribution in [0.15, 0.2) is 29.2 Å². The Hall–Kier alpha value is -1.11. The molecule has 1 aromatic carbocycles. The van der Waals surface area contributed by atoms with Crippen LogP contribution in [0, 0.1) is 0 Å². The third-order valence-corrected chi connectivity index (χ3v) is 5.24. The Labute approximate surface area is 114 Å². The zero-order valence-corrected chi connectivity index (χ0v) is 11.9. The van der Waals surface area contributed by atoms with Gasteiger partial charge in [-0.05, 0) is 31.4 Å². The highest BCUT2D eigenvalue weighted by Crippen LogP contribution is 2.22. The molecule has 2 N–H and O–H groups in total. The van der Waals surface area contributed by atoms with Crippen molar-refractivity contribution in [2.75, 3.05) is 25.9 Å². The molecule has 0 saturated carbocycles. The van der Waals surface area contributed by atoms with Crippen LogP contribution in [0.4, 0.5) is 5.69 Å². The maximum atomic E-state index is 12.4. The van der Waals surface area contributed by atoms with Crippen LogP contribution < -0.4 is 5.73 Å². The molecule has 106 valence electrons. The number of hydrogen-bond donors (Lipinski definition) is 1. The van der Waals surface area contributed by atoms with E-state index in [4.69, 9.17) is 10.5 Å². The highest BCUT2D eigenvalue weighted by atomic mass is 32.2. The predicted molar refractivity (Wildman–Crippen MR) is 74.3 cm³/mol. The molecule has 5 nitrogen and oxygen atoms in total. The molecule has 1 saturated heterocycles. The molecular formula is C13H20N2O3S. The Morgan fingerprint density at radius 2 is 2.11 bits per heavy atom. The second-order valence-electron chi connectivity index (χ2n) is 4.81. The second kappa shape index (κ2) is 5.90. The van der Waals surface area contributed by atoms with E-state index < -0.39 is 10.0 Å². The Bertz CT molecular complexity index is 524. The number of anilines is 1. The van der Waals surface area contributed by atoms with Gasteiger partial charge in [-0.1, -0.05) is 12.1 Å². The predicted octanol–water partition coefficient (Wildman–Crippen LogP) is 1.46. The maximum absolute atomic E-state index is 12.4. The highest BCUT2D eigenvalue weighted by Gasteiger charge is 2.26.